The lowest BCUT2D eigenvalue weighted by Gasteiger charge is -2.29. The highest BCUT2D eigenvalue weighted by molar-refractivity contribution is 5.79. The fourth-order valence-corrected chi connectivity index (χ4v) is 3.69. The smallest absolute Gasteiger partial charge is 0.227 e. The van der Waals surface area contributed by atoms with E-state index in [-0.39, 0.29) is 5.91 Å². The molecule has 24 heavy (non-hydrogen) atoms. The van der Waals surface area contributed by atoms with Gasteiger partial charge in [-0.25, -0.2) is 0 Å². The van der Waals surface area contributed by atoms with Crippen LogP contribution >= 0.6 is 0 Å². The molecule has 1 aliphatic rings. The van der Waals surface area contributed by atoms with Gasteiger partial charge in [-0.2, -0.15) is 0 Å². The summed E-state index contributed by atoms with van der Waals surface area (Å²) in [6, 6.07) is 19.2. The van der Waals surface area contributed by atoms with Crippen LogP contribution in [0.2, 0.25) is 0 Å². The maximum absolute atomic E-state index is 13.0. The molecular formula is C22H27NO. The highest BCUT2D eigenvalue weighted by atomic mass is 16.2. The van der Waals surface area contributed by atoms with Crippen molar-refractivity contribution in [2.24, 2.45) is 0 Å². The molecule has 0 heterocycles. The van der Waals surface area contributed by atoms with Crippen molar-refractivity contribution >= 4 is 5.91 Å². The molecule has 0 atom stereocenters. The van der Waals surface area contributed by atoms with Crippen LogP contribution in [-0.2, 0) is 17.6 Å². The summed E-state index contributed by atoms with van der Waals surface area (Å²) in [5.41, 5.74) is 3.68. The zero-order valence-corrected chi connectivity index (χ0v) is 14.6. The highest BCUT2D eigenvalue weighted by Gasteiger charge is 2.26. The molecule has 2 aromatic carbocycles. The van der Waals surface area contributed by atoms with Gasteiger partial charge in [0, 0.05) is 12.6 Å². The summed E-state index contributed by atoms with van der Waals surface area (Å²) in [4.78, 5) is 15.2. The molecule has 1 amide bonds. The number of nitrogens with zero attached hydrogens (tertiary/aromatic N) is 1. The van der Waals surface area contributed by atoms with E-state index in [1.807, 2.05) is 18.2 Å². The number of benzene rings is 2. The van der Waals surface area contributed by atoms with Gasteiger partial charge in [-0.3, -0.25) is 4.79 Å². The molecular weight excluding hydrogens is 294 g/mol. The third-order valence-electron chi connectivity index (χ3n) is 5.17. The first kappa shape index (κ1) is 16.8. The molecule has 1 aliphatic carbocycles. The lowest BCUT2D eigenvalue weighted by molar-refractivity contribution is -0.132. The number of amides is 1. The van der Waals surface area contributed by atoms with Gasteiger partial charge in [0.25, 0.3) is 0 Å². The Bertz CT molecular complexity index is 659. The predicted molar refractivity (Wildman–Crippen MR) is 99.0 cm³/mol. The number of carbonyl (C=O) groups excluding carboxylic acids is 1. The molecule has 2 aromatic rings. The second-order valence-electron chi connectivity index (χ2n) is 6.86. The first-order valence-corrected chi connectivity index (χ1v) is 9.12. The Morgan fingerprint density at radius 3 is 2.38 bits per heavy atom. The fourth-order valence-electron chi connectivity index (χ4n) is 3.69. The van der Waals surface area contributed by atoms with Crippen molar-refractivity contribution in [2.75, 3.05) is 6.54 Å². The van der Waals surface area contributed by atoms with E-state index in [0.29, 0.717) is 12.5 Å². The molecule has 0 radical (unpaired) electrons. The Balaban J connectivity index is 1.69. The second-order valence-corrected chi connectivity index (χ2v) is 6.86. The van der Waals surface area contributed by atoms with E-state index in [9.17, 15) is 4.79 Å². The summed E-state index contributed by atoms with van der Waals surface area (Å²) in [7, 11) is 0. The van der Waals surface area contributed by atoms with Gasteiger partial charge in [-0.15, -0.1) is 0 Å². The average Bonchev–Trinajstić information content (AvgIpc) is 3.12. The molecule has 3 rings (SSSR count). The van der Waals surface area contributed by atoms with E-state index < -0.39 is 0 Å². The first-order valence-electron chi connectivity index (χ1n) is 9.12. The van der Waals surface area contributed by atoms with Gasteiger partial charge in [-0.1, -0.05) is 67.4 Å². The van der Waals surface area contributed by atoms with E-state index in [2.05, 4.69) is 48.2 Å². The van der Waals surface area contributed by atoms with E-state index >= 15 is 0 Å². The minimum Gasteiger partial charge on any atom is -0.339 e. The topological polar surface area (TPSA) is 20.3 Å². The lowest BCUT2D eigenvalue weighted by atomic mass is 10.0. The zero-order valence-electron chi connectivity index (χ0n) is 14.6. The largest absolute Gasteiger partial charge is 0.339 e. The van der Waals surface area contributed by atoms with E-state index in [1.54, 1.807) is 0 Å². The second kappa shape index (κ2) is 8.14. The molecule has 1 saturated carbocycles. The predicted octanol–water partition coefficient (Wildman–Crippen LogP) is 4.55. The molecule has 2 nitrogen and oxygen atoms in total. The van der Waals surface area contributed by atoms with Gasteiger partial charge in [0.15, 0.2) is 0 Å². The van der Waals surface area contributed by atoms with Crippen molar-refractivity contribution in [2.45, 2.75) is 51.5 Å². The Labute approximate surface area is 145 Å². The van der Waals surface area contributed by atoms with Crippen LogP contribution in [0, 0.1) is 6.92 Å². The fraction of sp³-hybridized carbons (Fsp3) is 0.409. The summed E-state index contributed by atoms with van der Waals surface area (Å²) in [5.74, 6) is 0.284. The van der Waals surface area contributed by atoms with Gasteiger partial charge < -0.3 is 4.90 Å². The third-order valence-corrected chi connectivity index (χ3v) is 5.17. The van der Waals surface area contributed by atoms with Crippen LogP contribution in [0.4, 0.5) is 0 Å². The Morgan fingerprint density at radius 2 is 1.67 bits per heavy atom. The van der Waals surface area contributed by atoms with Crippen LogP contribution in [-0.4, -0.2) is 23.4 Å². The molecule has 0 aliphatic heterocycles. The summed E-state index contributed by atoms with van der Waals surface area (Å²) >= 11 is 0. The van der Waals surface area contributed by atoms with E-state index in [1.165, 1.54) is 24.0 Å². The molecule has 0 bridgehead atoms. The molecule has 0 saturated heterocycles. The summed E-state index contributed by atoms with van der Waals surface area (Å²) in [6.45, 7) is 2.92. The van der Waals surface area contributed by atoms with Crippen molar-refractivity contribution in [3.63, 3.8) is 0 Å². The molecule has 0 N–H and O–H groups in total. The molecule has 0 spiro atoms. The first-order chi connectivity index (χ1) is 11.7. The SMILES string of the molecule is Cc1ccccc1CC(=O)N(CCc1ccccc1)C1CCCC1. The summed E-state index contributed by atoms with van der Waals surface area (Å²) in [5, 5.41) is 0. The molecule has 0 aromatic heterocycles. The van der Waals surface area contributed by atoms with Crippen molar-refractivity contribution in [3.05, 3.63) is 71.3 Å². The number of carbonyl (C=O) groups is 1. The van der Waals surface area contributed by atoms with Gasteiger partial charge in [0.05, 0.1) is 6.42 Å². The zero-order chi connectivity index (χ0) is 16.8. The van der Waals surface area contributed by atoms with Gasteiger partial charge >= 0.3 is 0 Å². The minimum absolute atomic E-state index is 0.284. The lowest BCUT2D eigenvalue weighted by Crippen LogP contribution is -2.41. The van der Waals surface area contributed by atoms with Crippen molar-refractivity contribution in [1.29, 1.82) is 0 Å². The van der Waals surface area contributed by atoms with Crippen LogP contribution in [0.5, 0.6) is 0 Å². The van der Waals surface area contributed by atoms with E-state index in [4.69, 9.17) is 0 Å². The van der Waals surface area contributed by atoms with Gasteiger partial charge in [-0.05, 0) is 42.9 Å². The monoisotopic (exact) mass is 321 g/mol. The maximum atomic E-state index is 13.0. The Kier molecular flexibility index (Phi) is 5.68. The quantitative estimate of drug-likeness (QED) is 0.764. The van der Waals surface area contributed by atoms with Gasteiger partial charge in [0.2, 0.25) is 5.91 Å². The standard InChI is InChI=1S/C22H27NO/c1-18-9-5-6-12-20(18)17-22(24)23(21-13-7-8-14-21)16-15-19-10-3-2-4-11-19/h2-6,9-12,21H,7-8,13-17H2,1H3. The molecule has 126 valence electrons. The molecule has 0 unspecified atom stereocenters. The number of rotatable bonds is 6. The number of aryl methyl sites for hydroxylation is 1. The normalized spacial score (nSPS) is 14.7. The molecule has 1 fully saturated rings. The molecule has 2 heteroatoms. The van der Waals surface area contributed by atoms with E-state index in [0.717, 1.165) is 31.4 Å². The van der Waals surface area contributed by atoms with Crippen molar-refractivity contribution in [3.8, 4) is 0 Å². The Hall–Kier alpha value is -2.09. The maximum Gasteiger partial charge on any atom is 0.227 e. The number of hydrogen-bond donors (Lipinski definition) is 0. The van der Waals surface area contributed by atoms with Crippen molar-refractivity contribution < 1.29 is 4.79 Å². The third kappa shape index (κ3) is 4.25. The van der Waals surface area contributed by atoms with Crippen molar-refractivity contribution in [1.82, 2.24) is 4.90 Å². The van der Waals surface area contributed by atoms with Crippen LogP contribution in [0.25, 0.3) is 0 Å². The van der Waals surface area contributed by atoms with Gasteiger partial charge in [0.1, 0.15) is 0 Å². The highest BCUT2D eigenvalue weighted by Crippen LogP contribution is 2.25. The number of hydrogen-bond acceptors (Lipinski definition) is 1. The minimum atomic E-state index is 0.284. The summed E-state index contributed by atoms with van der Waals surface area (Å²) in [6.07, 6.45) is 6.30. The van der Waals surface area contributed by atoms with Crippen LogP contribution in [0.1, 0.15) is 42.4 Å². The van der Waals surface area contributed by atoms with Crippen LogP contribution < -0.4 is 0 Å². The van der Waals surface area contributed by atoms with Crippen LogP contribution in [0.15, 0.2) is 54.6 Å². The van der Waals surface area contributed by atoms with Crippen LogP contribution in [0.3, 0.4) is 0 Å². The average molecular weight is 321 g/mol. The Morgan fingerprint density at radius 1 is 1.00 bits per heavy atom. The summed E-state index contributed by atoms with van der Waals surface area (Å²) < 4.78 is 0.